The van der Waals surface area contributed by atoms with E-state index in [0.717, 1.165) is 57.8 Å². The fourth-order valence-electron chi connectivity index (χ4n) is 12.3. The Hall–Kier alpha value is -1.69. The van der Waals surface area contributed by atoms with E-state index in [0.29, 0.717) is 56.3 Å². The number of allylic oxidation sites excluding steroid dienone is 1. The minimum absolute atomic E-state index is 0.0935. The van der Waals surface area contributed by atoms with E-state index < -0.39 is 11.5 Å². The van der Waals surface area contributed by atoms with Crippen molar-refractivity contribution < 1.29 is 23.9 Å². The zero-order valence-electron chi connectivity index (χ0n) is 26.5. The van der Waals surface area contributed by atoms with Gasteiger partial charge in [0.2, 0.25) is 0 Å². The Kier molecular flexibility index (Phi) is 6.92. The van der Waals surface area contributed by atoms with Crippen LogP contribution in [0.5, 0.6) is 0 Å². The summed E-state index contributed by atoms with van der Waals surface area (Å²) in [6, 6.07) is 0. The fourth-order valence-corrected chi connectivity index (χ4v) is 12.3. The smallest absolute Gasteiger partial charge is 0.378 e. The van der Waals surface area contributed by atoms with Crippen LogP contribution in [0.3, 0.4) is 0 Å². The number of rotatable bonds is 2. The predicted octanol–water partition coefficient (Wildman–Crippen LogP) is 7.21. The van der Waals surface area contributed by atoms with Crippen LogP contribution >= 0.6 is 0 Å². The number of esters is 1. The molecule has 1 heterocycles. The van der Waals surface area contributed by atoms with E-state index in [1.165, 1.54) is 5.57 Å². The molecule has 0 spiro atoms. The summed E-state index contributed by atoms with van der Waals surface area (Å²) in [6.07, 6.45) is 9.26. The molecule has 6 aliphatic rings. The van der Waals surface area contributed by atoms with Gasteiger partial charge < -0.3 is 14.4 Å². The minimum Gasteiger partial charge on any atom is -0.378 e. The largest absolute Gasteiger partial charge is 0.417 e. The van der Waals surface area contributed by atoms with E-state index in [1.54, 1.807) is 4.90 Å². The maximum atomic E-state index is 14.1. The third-order valence-electron chi connectivity index (χ3n) is 14.7. The third-order valence-corrected chi connectivity index (χ3v) is 14.7. The van der Waals surface area contributed by atoms with Crippen molar-refractivity contribution >= 4 is 17.8 Å². The van der Waals surface area contributed by atoms with Gasteiger partial charge in [-0.2, -0.15) is 0 Å². The van der Waals surface area contributed by atoms with Gasteiger partial charge >= 0.3 is 12.1 Å². The molecule has 1 amide bonds. The van der Waals surface area contributed by atoms with Crippen LogP contribution in [0.4, 0.5) is 4.79 Å². The number of ketones is 1. The summed E-state index contributed by atoms with van der Waals surface area (Å²) >= 11 is 0. The van der Waals surface area contributed by atoms with Gasteiger partial charge in [-0.3, -0.25) is 9.59 Å². The average molecular weight is 568 g/mol. The first-order valence-corrected chi connectivity index (χ1v) is 16.5. The van der Waals surface area contributed by atoms with Gasteiger partial charge in [-0.05, 0) is 111 Å². The molecule has 41 heavy (non-hydrogen) atoms. The first-order chi connectivity index (χ1) is 19.2. The number of morpholine rings is 1. The van der Waals surface area contributed by atoms with Gasteiger partial charge in [0.15, 0.2) is 0 Å². The molecule has 5 aliphatic carbocycles. The van der Waals surface area contributed by atoms with Crippen molar-refractivity contribution in [2.75, 3.05) is 26.3 Å². The Morgan fingerprint density at radius 3 is 2.27 bits per heavy atom. The highest BCUT2D eigenvalue weighted by Crippen LogP contribution is 2.77. The van der Waals surface area contributed by atoms with Crippen LogP contribution in [0.2, 0.25) is 0 Å². The first-order valence-electron chi connectivity index (χ1n) is 16.5. The van der Waals surface area contributed by atoms with Crippen LogP contribution in [0.25, 0.3) is 0 Å². The summed E-state index contributed by atoms with van der Waals surface area (Å²) in [7, 11) is 0. The summed E-state index contributed by atoms with van der Waals surface area (Å²) in [5, 5.41) is 0. The molecule has 0 unspecified atom stereocenters. The summed E-state index contributed by atoms with van der Waals surface area (Å²) in [4.78, 5) is 41.9. The van der Waals surface area contributed by atoms with Gasteiger partial charge in [0.25, 0.3) is 0 Å². The summed E-state index contributed by atoms with van der Waals surface area (Å²) in [5.74, 6) is 2.01. The molecule has 0 aromatic rings. The maximum absolute atomic E-state index is 14.1. The van der Waals surface area contributed by atoms with Gasteiger partial charge in [0.05, 0.1) is 18.6 Å². The molecule has 6 heteroatoms. The molecule has 0 bridgehead atoms. The second-order valence-corrected chi connectivity index (χ2v) is 16.2. The van der Waals surface area contributed by atoms with Crippen LogP contribution in [-0.4, -0.2) is 49.0 Å². The van der Waals surface area contributed by atoms with Crippen LogP contribution in [0.1, 0.15) is 106 Å². The number of carbonyl (C=O) groups is 3. The lowest BCUT2D eigenvalue weighted by Gasteiger charge is -2.72. The second kappa shape index (κ2) is 9.66. The summed E-state index contributed by atoms with van der Waals surface area (Å²) in [5.41, 5.74) is 0.722. The zero-order valence-corrected chi connectivity index (χ0v) is 26.5. The van der Waals surface area contributed by atoms with E-state index in [1.807, 2.05) is 0 Å². The number of ether oxygens (including phenoxy) is 2. The number of nitrogens with zero attached hydrogens (tertiary/aromatic N) is 1. The molecule has 0 aromatic carbocycles. The highest BCUT2D eigenvalue weighted by Gasteiger charge is 2.72. The van der Waals surface area contributed by atoms with Crippen molar-refractivity contribution in [1.82, 2.24) is 4.90 Å². The normalized spacial score (nSPS) is 46.9. The molecule has 6 fully saturated rings. The van der Waals surface area contributed by atoms with Gasteiger partial charge in [0, 0.05) is 24.9 Å². The number of fused-ring (bicyclic) bond motifs is 7. The lowest BCUT2D eigenvalue weighted by atomic mass is 9.32. The highest BCUT2D eigenvalue weighted by atomic mass is 16.6. The van der Waals surface area contributed by atoms with Crippen molar-refractivity contribution in [3.05, 3.63) is 12.2 Å². The fraction of sp³-hybridized carbons (Fsp3) is 0.857. The van der Waals surface area contributed by atoms with E-state index >= 15 is 0 Å². The van der Waals surface area contributed by atoms with E-state index in [9.17, 15) is 14.4 Å². The lowest BCUT2D eigenvalue weighted by Crippen LogP contribution is -2.66. The first kappa shape index (κ1) is 29.4. The van der Waals surface area contributed by atoms with Crippen molar-refractivity contribution in [2.24, 2.45) is 56.7 Å². The van der Waals surface area contributed by atoms with Crippen molar-refractivity contribution in [1.29, 1.82) is 0 Å². The molecular formula is C35H53NO5. The van der Waals surface area contributed by atoms with E-state index in [2.05, 4.69) is 48.1 Å². The molecule has 1 aliphatic heterocycles. The van der Waals surface area contributed by atoms with Gasteiger partial charge in [-0.25, -0.2) is 4.79 Å². The van der Waals surface area contributed by atoms with Crippen LogP contribution < -0.4 is 0 Å². The molecule has 5 saturated carbocycles. The molecule has 6 rings (SSSR count). The quantitative estimate of drug-likeness (QED) is 0.200. The molecular weight excluding hydrogens is 514 g/mol. The van der Waals surface area contributed by atoms with Crippen molar-refractivity contribution in [3.63, 3.8) is 0 Å². The zero-order chi connectivity index (χ0) is 29.6. The Morgan fingerprint density at radius 2 is 1.59 bits per heavy atom. The summed E-state index contributed by atoms with van der Waals surface area (Å²) < 4.78 is 11.2. The average Bonchev–Trinajstić information content (AvgIpc) is 3.33. The molecule has 0 N–H and O–H groups in total. The lowest BCUT2D eigenvalue weighted by molar-refractivity contribution is -0.235. The third kappa shape index (κ3) is 3.93. The van der Waals surface area contributed by atoms with Gasteiger partial charge in [0.1, 0.15) is 5.78 Å². The number of hydrogen-bond acceptors (Lipinski definition) is 5. The summed E-state index contributed by atoms with van der Waals surface area (Å²) in [6.45, 7) is 20.5. The number of Topliss-reactive ketones (excluding diaryl/α,β-unsaturated/α-hetero) is 1. The Bertz CT molecular complexity index is 1140. The van der Waals surface area contributed by atoms with Crippen molar-refractivity contribution in [3.8, 4) is 0 Å². The molecule has 1 saturated heterocycles. The van der Waals surface area contributed by atoms with Gasteiger partial charge in [-0.15, -0.1) is 0 Å². The Labute approximate surface area is 247 Å². The molecule has 9 atom stereocenters. The maximum Gasteiger partial charge on any atom is 0.417 e. The minimum atomic E-state index is -0.612. The molecule has 0 radical (unpaired) electrons. The van der Waals surface area contributed by atoms with E-state index in [-0.39, 0.29) is 39.5 Å². The monoisotopic (exact) mass is 567 g/mol. The second-order valence-electron chi connectivity index (χ2n) is 16.2. The predicted molar refractivity (Wildman–Crippen MR) is 158 cm³/mol. The molecule has 0 aromatic heterocycles. The van der Waals surface area contributed by atoms with Crippen molar-refractivity contribution in [2.45, 2.75) is 106 Å². The standard InChI is InChI=1S/C35H53NO5/c1-22(2)23-10-15-35(29(38)41-30(39)36-18-20-40-21-19-36)17-16-33(6)24(28(23)35)8-9-26-32(5)13-12-27(37)31(3,4)25(32)11-14-34(26,33)7/h23-26,28H,1,8-21H2,2-7H3/t23-,24+,25-,26+,28+,32-,33+,34+,35-/m0/s1. The Morgan fingerprint density at radius 1 is 0.878 bits per heavy atom. The number of carbonyl (C=O) groups excluding carboxylic acids is 3. The number of hydrogen-bond donors (Lipinski definition) is 0. The van der Waals surface area contributed by atoms with Crippen LogP contribution in [0, 0.1) is 56.7 Å². The topological polar surface area (TPSA) is 72.9 Å². The van der Waals surface area contributed by atoms with E-state index in [4.69, 9.17) is 9.47 Å². The SMILES string of the molecule is C=C(C)[C@@H]1CC[C@]2(C(=O)OC(=O)N3CCOCC3)CC[C@]3(C)[C@H](CC[C@@H]4[C@@]5(C)CCC(=O)C(C)(C)[C@@H]5CC[C@]43C)[C@@H]12. The Balaban J connectivity index is 1.33. The van der Waals surface area contributed by atoms with Crippen LogP contribution in [-0.2, 0) is 19.1 Å². The molecule has 228 valence electrons. The number of amides is 1. The molecule has 6 nitrogen and oxygen atoms in total. The van der Waals surface area contributed by atoms with Gasteiger partial charge in [-0.1, -0.05) is 46.8 Å². The highest BCUT2D eigenvalue weighted by molar-refractivity contribution is 5.89. The van der Waals surface area contributed by atoms with Crippen LogP contribution in [0.15, 0.2) is 12.2 Å².